The van der Waals surface area contributed by atoms with Gasteiger partial charge < -0.3 is 14.8 Å². The molecule has 0 radical (unpaired) electrons. The maximum absolute atomic E-state index is 5.44. The number of nitrogens with one attached hydrogen (secondary N) is 1. The van der Waals surface area contributed by atoms with Gasteiger partial charge >= 0.3 is 0 Å². The molecule has 1 unspecified atom stereocenters. The Labute approximate surface area is 121 Å². The highest BCUT2D eigenvalue weighted by Gasteiger charge is 2.16. The highest BCUT2D eigenvalue weighted by atomic mass is 16.7. The van der Waals surface area contributed by atoms with Crippen LogP contribution in [0.4, 0.5) is 0 Å². The van der Waals surface area contributed by atoms with Crippen molar-refractivity contribution in [2.45, 2.75) is 51.5 Å². The van der Waals surface area contributed by atoms with Crippen LogP contribution in [0.2, 0.25) is 0 Å². The van der Waals surface area contributed by atoms with Gasteiger partial charge in [-0.1, -0.05) is 38.2 Å². The Morgan fingerprint density at radius 2 is 1.95 bits per heavy atom. The molecule has 20 heavy (non-hydrogen) atoms. The predicted molar refractivity (Wildman–Crippen MR) is 80.2 cm³/mol. The number of fused-ring (bicyclic) bond motifs is 1. The third kappa shape index (κ3) is 3.26. The first-order chi connectivity index (χ1) is 9.83. The van der Waals surface area contributed by atoms with Gasteiger partial charge in [0.05, 0.1) is 0 Å². The fourth-order valence-corrected chi connectivity index (χ4v) is 3.28. The number of benzene rings is 1. The summed E-state index contributed by atoms with van der Waals surface area (Å²) in [5.41, 5.74) is 1.28. The molecule has 1 aliphatic heterocycles. The molecule has 2 aliphatic rings. The van der Waals surface area contributed by atoms with Crippen LogP contribution in [0.25, 0.3) is 0 Å². The standard InChI is InChI=1S/C17H25NO2/c1-13(18-10-9-14-5-3-2-4-6-14)15-7-8-16-17(11-15)20-12-19-16/h7-8,11,13-14,18H,2-6,9-10,12H2,1H3. The fraction of sp³-hybridized carbons (Fsp3) is 0.647. The Kier molecular flexibility index (Phi) is 4.46. The van der Waals surface area contributed by atoms with Crippen molar-refractivity contribution in [3.63, 3.8) is 0 Å². The summed E-state index contributed by atoms with van der Waals surface area (Å²) >= 11 is 0. The van der Waals surface area contributed by atoms with Gasteiger partial charge in [-0.15, -0.1) is 0 Å². The maximum atomic E-state index is 5.44. The first kappa shape index (κ1) is 13.7. The Morgan fingerprint density at radius 1 is 1.15 bits per heavy atom. The van der Waals surface area contributed by atoms with Crippen molar-refractivity contribution in [1.29, 1.82) is 0 Å². The topological polar surface area (TPSA) is 30.5 Å². The van der Waals surface area contributed by atoms with E-state index in [1.807, 2.05) is 6.07 Å². The van der Waals surface area contributed by atoms with Gasteiger partial charge in [0.15, 0.2) is 11.5 Å². The summed E-state index contributed by atoms with van der Waals surface area (Å²) in [7, 11) is 0. The molecule has 1 aliphatic carbocycles. The van der Waals surface area contributed by atoms with Gasteiger partial charge in [0, 0.05) is 6.04 Å². The van der Waals surface area contributed by atoms with Crippen LogP contribution in [0.15, 0.2) is 18.2 Å². The molecular weight excluding hydrogens is 250 g/mol. The Hall–Kier alpha value is -1.22. The summed E-state index contributed by atoms with van der Waals surface area (Å²) in [6, 6.07) is 6.61. The van der Waals surface area contributed by atoms with Gasteiger partial charge in [0.25, 0.3) is 0 Å². The van der Waals surface area contributed by atoms with Gasteiger partial charge in [-0.3, -0.25) is 0 Å². The second-order valence-electron chi connectivity index (χ2n) is 6.08. The highest BCUT2D eigenvalue weighted by Crippen LogP contribution is 2.34. The Balaban J connectivity index is 1.47. The van der Waals surface area contributed by atoms with E-state index in [0.717, 1.165) is 24.0 Å². The minimum atomic E-state index is 0.349. The fourth-order valence-electron chi connectivity index (χ4n) is 3.28. The molecule has 1 heterocycles. The SMILES string of the molecule is CC(NCCC1CCCCC1)c1ccc2c(c1)OCO2. The highest BCUT2D eigenvalue weighted by molar-refractivity contribution is 5.45. The molecule has 110 valence electrons. The van der Waals surface area contributed by atoms with Crippen molar-refractivity contribution in [3.05, 3.63) is 23.8 Å². The summed E-state index contributed by atoms with van der Waals surface area (Å²) in [5, 5.41) is 3.64. The molecule has 3 rings (SSSR count). The number of hydrogen-bond acceptors (Lipinski definition) is 3. The van der Waals surface area contributed by atoms with Gasteiger partial charge in [-0.05, 0) is 43.5 Å². The molecule has 1 fully saturated rings. The van der Waals surface area contributed by atoms with Crippen LogP contribution in [0.5, 0.6) is 11.5 Å². The third-order valence-electron chi connectivity index (χ3n) is 4.62. The molecule has 3 nitrogen and oxygen atoms in total. The largest absolute Gasteiger partial charge is 0.454 e. The molecule has 1 saturated carbocycles. The van der Waals surface area contributed by atoms with Crippen LogP contribution in [-0.2, 0) is 0 Å². The summed E-state index contributed by atoms with van der Waals surface area (Å²) in [5.74, 6) is 2.69. The zero-order chi connectivity index (χ0) is 13.8. The van der Waals surface area contributed by atoms with Crippen LogP contribution in [0.1, 0.15) is 57.1 Å². The van der Waals surface area contributed by atoms with E-state index in [9.17, 15) is 0 Å². The zero-order valence-electron chi connectivity index (χ0n) is 12.4. The van der Waals surface area contributed by atoms with Gasteiger partial charge in [0.2, 0.25) is 6.79 Å². The van der Waals surface area contributed by atoms with Crippen molar-refractivity contribution in [2.75, 3.05) is 13.3 Å². The lowest BCUT2D eigenvalue weighted by Crippen LogP contribution is -2.22. The van der Waals surface area contributed by atoms with Crippen LogP contribution in [-0.4, -0.2) is 13.3 Å². The van der Waals surface area contributed by atoms with Crippen molar-refractivity contribution in [1.82, 2.24) is 5.32 Å². The van der Waals surface area contributed by atoms with Crippen molar-refractivity contribution in [3.8, 4) is 11.5 Å². The van der Waals surface area contributed by atoms with Crippen molar-refractivity contribution in [2.24, 2.45) is 5.92 Å². The molecule has 1 N–H and O–H groups in total. The molecule has 0 bridgehead atoms. The minimum absolute atomic E-state index is 0.349. The summed E-state index contributed by atoms with van der Waals surface area (Å²) in [6.07, 6.45) is 8.48. The molecule has 1 aromatic rings. The third-order valence-corrected chi connectivity index (χ3v) is 4.62. The van der Waals surface area contributed by atoms with E-state index in [1.54, 1.807) is 0 Å². The molecular formula is C17H25NO2. The van der Waals surface area contributed by atoms with Gasteiger partial charge in [0.1, 0.15) is 0 Å². The lowest BCUT2D eigenvalue weighted by atomic mass is 9.87. The summed E-state index contributed by atoms with van der Waals surface area (Å²) in [6.45, 7) is 3.68. The van der Waals surface area contributed by atoms with Gasteiger partial charge in [-0.2, -0.15) is 0 Å². The second kappa shape index (κ2) is 6.49. The van der Waals surface area contributed by atoms with E-state index in [1.165, 1.54) is 44.1 Å². The lowest BCUT2D eigenvalue weighted by Gasteiger charge is -2.22. The normalized spacial score (nSPS) is 20.1. The van der Waals surface area contributed by atoms with E-state index < -0.39 is 0 Å². The minimum Gasteiger partial charge on any atom is -0.454 e. The van der Waals surface area contributed by atoms with E-state index in [4.69, 9.17) is 9.47 Å². The molecule has 0 spiro atoms. The predicted octanol–water partition coefficient (Wildman–Crippen LogP) is 4.04. The van der Waals surface area contributed by atoms with E-state index in [2.05, 4.69) is 24.4 Å². The van der Waals surface area contributed by atoms with Gasteiger partial charge in [-0.25, -0.2) is 0 Å². The van der Waals surface area contributed by atoms with Crippen LogP contribution < -0.4 is 14.8 Å². The molecule has 1 atom stereocenters. The first-order valence-corrected chi connectivity index (χ1v) is 7.96. The quantitative estimate of drug-likeness (QED) is 0.880. The van der Waals surface area contributed by atoms with Crippen LogP contribution in [0.3, 0.4) is 0 Å². The Bertz CT molecular complexity index is 441. The van der Waals surface area contributed by atoms with Crippen LogP contribution in [0, 0.1) is 5.92 Å². The number of rotatable bonds is 5. The zero-order valence-corrected chi connectivity index (χ0v) is 12.4. The number of ether oxygens (including phenoxy) is 2. The van der Waals surface area contributed by atoms with Crippen molar-refractivity contribution >= 4 is 0 Å². The van der Waals surface area contributed by atoms with E-state index >= 15 is 0 Å². The molecule has 0 saturated heterocycles. The molecule has 0 amide bonds. The molecule has 3 heteroatoms. The lowest BCUT2D eigenvalue weighted by molar-refractivity contribution is 0.174. The smallest absolute Gasteiger partial charge is 0.231 e. The number of hydrogen-bond donors (Lipinski definition) is 1. The second-order valence-corrected chi connectivity index (χ2v) is 6.08. The first-order valence-electron chi connectivity index (χ1n) is 7.96. The monoisotopic (exact) mass is 275 g/mol. The maximum Gasteiger partial charge on any atom is 0.231 e. The Morgan fingerprint density at radius 3 is 2.80 bits per heavy atom. The van der Waals surface area contributed by atoms with E-state index in [0.29, 0.717) is 12.8 Å². The molecule has 1 aromatic carbocycles. The van der Waals surface area contributed by atoms with Crippen LogP contribution >= 0.6 is 0 Å². The molecule has 0 aromatic heterocycles. The average molecular weight is 275 g/mol. The summed E-state index contributed by atoms with van der Waals surface area (Å²) in [4.78, 5) is 0. The van der Waals surface area contributed by atoms with Crippen molar-refractivity contribution < 1.29 is 9.47 Å². The van der Waals surface area contributed by atoms with E-state index in [-0.39, 0.29) is 0 Å². The summed E-state index contributed by atoms with van der Waals surface area (Å²) < 4.78 is 10.8. The average Bonchev–Trinajstić information content (AvgIpc) is 2.95.